The van der Waals surface area contributed by atoms with Crippen LogP contribution in [0.5, 0.6) is 5.88 Å². The second-order valence-electron chi connectivity index (χ2n) is 12.4. The summed E-state index contributed by atoms with van der Waals surface area (Å²) < 4.78 is 51.6. The summed E-state index contributed by atoms with van der Waals surface area (Å²) in [6.45, 7) is 5.08. The summed E-state index contributed by atoms with van der Waals surface area (Å²) in [5.41, 5.74) is 9.39. The number of aliphatic hydroxyl groups is 1. The van der Waals surface area contributed by atoms with Gasteiger partial charge in [0.2, 0.25) is 17.9 Å². The van der Waals surface area contributed by atoms with Crippen LogP contribution in [0.1, 0.15) is 47.8 Å². The lowest BCUT2D eigenvalue weighted by molar-refractivity contribution is -0.198. The van der Waals surface area contributed by atoms with Crippen LogP contribution in [-0.4, -0.2) is 67.8 Å². The maximum Gasteiger partial charge on any atom is 0.429 e. The number of alkyl halides is 3. The maximum absolute atomic E-state index is 14.9. The predicted octanol–water partition coefficient (Wildman–Crippen LogP) is 4.74. The van der Waals surface area contributed by atoms with Gasteiger partial charge in [0.05, 0.1) is 18.0 Å². The molecule has 2 aliphatic rings. The van der Waals surface area contributed by atoms with Gasteiger partial charge >= 0.3 is 12.1 Å². The standard InChI is InChI=1S/C33H36F3N7O4/c1-19-3-4-21(13-23(19)17-44)22-5-6-24(26(14-22)43-10-7-20(2)41-43)29(33(34,35)36)47-28-15-27(39-31(37)40-28)42-11-8-32(9-12-42)16-25(30(45)46)38-18-32/h3-7,10,13-15,25,29,38,44H,8-9,11-12,16-18H2,1-2H3,(H,45,46)(H2,37,39,40)/t25?,29-/m1/s1. The summed E-state index contributed by atoms with van der Waals surface area (Å²) in [4.78, 5) is 21.6. The first-order valence-corrected chi connectivity index (χ1v) is 15.3. The number of nitrogens with zero attached hydrogens (tertiary/aromatic N) is 5. The first kappa shape index (κ1) is 32.3. The van der Waals surface area contributed by atoms with E-state index >= 15 is 0 Å². The van der Waals surface area contributed by atoms with Crippen LogP contribution in [0, 0.1) is 19.3 Å². The van der Waals surface area contributed by atoms with E-state index in [0.717, 1.165) is 11.1 Å². The topological polar surface area (TPSA) is 152 Å². The normalized spacial score (nSPS) is 18.4. The number of aliphatic carboxylic acids is 1. The number of aliphatic hydroxyl groups excluding tert-OH is 1. The van der Waals surface area contributed by atoms with Crippen LogP contribution in [0.15, 0.2) is 54.7 Å². The third-order valence-corrected chi connectivity index (χ3v) is 9.18. The van der Waals surface area contributed by atoms with Crippen molar-refractivity contribution in [2.75, 3.05) is 30.3 Å². The van der Waals surface area contributed by atoms with Gasteiger partial charge in [0.25, 0.3) is 0 Å². The Labute approximate surface area is 269 Å². The SMILES string of the molecule is Cc1ccn(-c2cc(-c3ccc(C)c(CO)c3)ccc2[C@@H](Oc2cc(N3CCC4(CC3)CNC(C(=O)O)C4)nc(N)n2)C(F)(F)F)n1. The Hall–Kier alpha value is -4.69. The molecule has 2 aromatic heterocycles. The molecule has 0 radical (unpaired) electrons. The molecule has 4 aromatic rings. The highest BCUT2D eigenvalue weighted by molar-refractivity contribution is 5.74. The van der Waals surface area contributed by atoms with Crippen molar-refractivity contribution in [3.05, 3.63) is 77.1 Å². The quantitative estimate of drug-likeness (QED) is 0.210. The predicted molar refractivity (Wildman–Crippen MR) is 168 cm³/mol. The Morgan fingerprint density at radius 3 is 2.47 bits per heavy atom. The zero-order valence-corrected chi connectivity index (χ0v) is 26.0. The zero-order valence-electron chi connectivity index (χ0n) is 26.0. The van der Waals surface area contributed by atoms with Gasteiger partial charge in [0.1, 0.15) is 11.9 Å². The Bertz CT molecular complexity index is 1790. The first-order valence-electron chi connectivity index (χ1n) is 15.3. The molecule has 2 saturated heterocycles. The number of hydrogen-bond donors (Lipinski definition) is 4. The highest BCUT2D eigenvalue weighted by atomic mass is 19.4. The summed E-state index contributed by atoms with van der Waals surface area (Å²) in [5, 5.41) is 26.6. The van der Waals surface area contributed by atoms with Crippen molar-refractivity contribution in [1.29, 1.82) is 0 Å². The molecule has 1 unspecified atom stereocenters. The molecule has 4 heterocycles. The molecule has 0 amide bonds. The van der Waals surface area contributed by atoms with Crippen LogP contribution < -0.4 is 20.7 Å². The van der Waals surface area contributed by atoms with Gasteiger partial charge in [-0.3, -0.25) is 4.79 Å². The Morgan fingerprint density at radius 2 is 1.83 bits per heavy atom. The number of hydrogen-bond acceptors (Lipinski definition) is 9. The minimum absolute atomic E-state index is 0.162. The van der Waals surface area contributed by atoms with Crippen LogP contribution in [-0.2, 0) is 11.4 Å². The average Bonchev–Trinajstić information content (AvgIpc) is 3.66. The molecule has 47 heavy (non-hydrogen) atoms. The lowest BCUT2D eigenvalue weighted by Crippen LogP contribution is -2.41. The summed E-state index contributed by atoms with van der Waals surface area (Å²) in [6, 6.07) is 12.5. The molecule has 6 rings (SSSR count). The highest BCUT2D eigenvalue weighted by Gasteiger charge is 2.46. The Morgan fingerprint density at radius 1 is 1.11 bits per heavy atom. The van der Waals surface area contributed by atoms with Crippen molar-refractivity contribution < 1.29 is 32.9 Å². The van der Waals surface area contributed by atoms with Gasteiger partial charge in [-0.1, -0.05) is 24.3 Å². The van der Waals surface area contributed by atoms with Gasteiger partial charge < -0.3 is 30.9 Å². The number of carbonyl (C=O) groups is 1. The van der Waals surface area contributed by atoms with Gasteiger partial charge in [-0.05, 0) is 79.0 Å². The molecule has 5 N–H and O–H groups in total. The number of rotatable bonds is 8. The third kappa shape index (κ3) is 6.74. The second-order valence-corrected chi connectivity index (χ2v) is 12.4. The molecule has 0 bridgehead atoms. The van der Waals surface area contributed by atoms with Crippen molar-refractivity contribution in [3.8, 4) is 22.7 Å². The van der Waals surface area contributed by atoms with Gasteiger partial charge in [0.15, 0.2) is 0 Å². The third-order valence-electron chi connectivity index (χ3n) is 9.18. The number of aryl methyl sites for hydroxylation is 2. The number of anilines is 2. The monoisotopic (exact) mass is 651 g/mol. The summed E-state index contributed by atoms with van der Waals surface area (Å²) in [5.74, 6) is -1.10. The maximum atomic E-state index is 14.9. The Balaban J connectivity index is 1.31. The molecular weight excluding hydrogens is 615 g/mol. The number of nitrogens with one attached hydrogen (secondary N) is 1. The minimum atomic E-state index is -4.85. The second kappa shape index (κ2) is 12.5. The van der Waals surface area contributed by atoms with Gasteiger partial charge in [0, 0.05) is 37.5 Å². The summed E-state index contributed by atoms with van der Waals surface area (Å²) in [7, 11) is 0. The van der Waals surface area contributed by atoms with E-state index in [9.17, 15) is 28.2 Å². The van der Waals surface area contributed by atoms with E-state index in [0.29, 0.717) is 61.5 Å². The number of nitrogens with two attached hydrogens (primary N) is 1. The largest absolute Gasteiger partial charge is 0.480 e. The fraction of sp³-hybridized carbons (Fsp3) is 0.394. The van der Waals surface area contributed by atoms with E-state index in [-0.39, 0.29) is 35.1 Å². The smallest absolute Gasteiger partial charge is 0.429 e. The number of aromatic nitrogens is 4. The molecule has 2 aromatic carbocycles. The molecule has 2 atom stereocenters. The minimum Gasteiger partial charge on any atom is -0.480 e. The first-order chi connectivity index (χ1) is 22.3. The molecule has 14 heteroatoms. The van der Waals surface area contributed by atoms with E-state index < -0.39 is 24.3 Å². The van der Waals surface area contributed by atoms with E-state index in [4.69, 9.17) is 10.5 Å². The van der Waals surface area contributed by atoms with Crippen molar-refractivity contribution in [1.82, 2.24) is 25.1 Å². The number of ether oxygens (including phenoxy) is 1. The zero-order chi connectivity index (χ0) is 33.5. The van der Waals surface area contributed by atoms with Crippen LogP contribution in [0.3, 0.4) is 0 Å². The summed E-state index contributed by atoms with van der Waals surface area (Å²) >= 11 is 0. The van der Waals surface area contributed by atoms with E-state index in [1.807, 2.05) is 30.0 Å². The highest BCUT2D eigenvalue weighted by Crippen LogP contribution is 2.43. The number of benzene rings is 2. The summed E-state index contributed by atoms with van der Waals surface area (Å²) in [6.07, 6.45) is -3.79. The lowest BCUT2D eigenvalue weighted by atomic mass is 9.76. The van der Waals surface area contributed by atoms with Crippen molar-refractivity contribution >= 4 is 17.7 Å². The number of carboxylic acids is 1. The van der Waals surface area contributed by atoms with E-state index in [2.05, 4.69) is 20.4 Å². The van der Waals surface area contributed by atoms with Crippen LogP contribution in [0.25, 0.3) is 16.8 Å². The van der Waals surface area contributed by atoms with Crippen molar-refractivity contribution in [2.24, 2.45) is 5.41 Å². The van der Waals surface area contributed by atoms with E-state index in [1.54, 1.807) is 31.3 Å². The van der Waals surface area contributed by atoms with Crippen LogP contribution in [0.2, 0.25) is 0 Å². The van der Waals surface area contributed by atoms with Crippen LogP contribution >= 0.6 is 0 Å². The molecule has 2 fully saturated rings. The van der Waals surface area contributed by atoms with Gasteiger partial charge in [-0.15, -0.1) is 0 Å². The fourth-order valence-corrected chi connectivity index (χ4v) is 6.48. The lowest BCUT2D eigenvalue weighted by Gasteiger charge is -2.39. The molecule has 11 nitrogen and oxygen atoms in total. The van der Waals surface area contributed by atoms with Crippen molar-refractivity contribution in [3.63, 3.8) is 0 Å². The van der Waals surface area contributed by atoms with Gasteiger partial charge in [-0.2, -0.15) is 28.2 Å². The number of nitrogen functional groups attached to an aromatic ring is 1. The molecule has 2 aliphatic heterocycles. The Kier molecular flexibility index (Phi) is 8.57. The number of piperidine rings is 1. The van der Waals surface area contributed by atoms with E-state index in [1.165, 1.54) is 16.8 Å². The molecule has 248 valence electrons. The molecule has 0 saturated carbocycles. The fourth-order valence-electron chi connectivity index (χ4n) is 6.48. The van der Waals surface area contributed by atoms with Crippen LogP contribution in [0.4, 0.5) is 24.9 Å². The number of carboxylic acid groups (broad SMARTS) is 1. The van der Waals surface area contributed by atoms with Gasteiger partial charge in [-0.25, -0.2) is 4.68 Å². The van der Waals surface area contributed by atoms with Crippen molar-refractivity contribution in [2.45, 2.75) is 58.0 Å². The number of halogens is 3. The molecular formula is C33H36F3N7O4. The average molecular weight is 652 g/mol. The molecule has 1 spiro atoms. The molecule has 0 aliphatic carbocycles.